The molecule has 1 saturated carbocycles. The molecule has 8 nitrogen and oxygen atoms in total. The number of ether oxygens (including phenoxy) is 1. The van der Waals surface area contributed by atoms with E-state index in [0.717, 1.165) is 12.0 Å². The highest BCUT2D eigenvalue weighted by atomic mass is 32.2. The molecule has 0 atom stereocenters. The Kier molecular flexibility index (Phi) is 5.77. The highest BCUT2D eigenvalue weighted by Gasteiger charge is 2.52. The summed E-state index contributed by atoms with van der Waals surface area (Å²) in [7, 11) is -3.79. The van der Waals surface area contributed by atoms with Crippen LogP contribution in [0.2, 0.25) is 0 Å². The van der Waals surface area contributed by atoms with Gasteiger partial charge in [-0.1, -0.05) is 36.4 Å². The molecule has 0 unspecified atom stereocenters. The van der Waals surface area contributed by atoms with Crippen LogP contribution < -0.4 is 10.0 Å². The summed E-state index contributed by atoms with van der Waals surface area (Å²) in [4.78, 5) is 28.9. The molecule has 2 aromatic rings. The predicted octanol–water partition coefficient (Wildman–Crippen LogP) is 2.37. The molecular weight excluding hydrogens is 418 g/mol. The summed E-state index contributed by atoms with van der Waals surface area (Å²) >= 11 is 0. The first-order chi connectivity index (χ1) is 14.9. The number of nitrogens with zero attached hydrogens (tertiary/aromatic N) is 1. The number of sulfonamides is 1. The van der Waals surface area contributed by atoms with E-state index in [1.165, 1.54) is 18.2 Å². The molecule has 1 heterocycles. The molecule has 4 rings (SSSR count). The van der Waals surface area contributed by atoms with Crippen molar-refractivity contribution in [2.45, 2.75) is 36.0 Å². The number of amides is 1. The molecule has 0 saturated heterocycles. The molecule has 2 N–H and O–H groups in total. The van der Waals surface area contributed by atoms with Crippen molar-refractivity contribution >= 4 is 33.4 Å². The van der Waals surface area contributed by atoms with Gasteiger partial charge in [-0.15, -0.1) is 0 Å². The zero-order valence-electron chi connectivity index (χ0n) is 16.8. The second kappa shape index (κ2) is 8.50. The molecule has 2 aliphatic rings. The smallest absolute Gasteiger partial charge is 0.317 e. The molecule has 162 valence electrons. The maximum atomic E-state index is 12.5. The van der Waals surface area contributed by atoms with Crippen LogP contribution in [0.4, 0.5) is 5.69 Å². The Balaban J connectivity index is 1.35. The minimum atomic E-state index is -3.79. The second-order valence-corrected chi connectivity index (χ2v) is 9.32. The van der Waals surface area contributed by atoms with Gasteiger partial charge in [-0.2, -0.15) is 0 Å². The Hall–Kier alpha value is -3.20. The number of hydrogen-bond acceptors (Lipinski definition) is 6. The fourth-order valence-corrected chi connectivity index (χ4v) is 4.67. The highest BCUT2D eigenvalue weighted by Crippen LogP contribution is 2.49. The van der Waals surface area contributed by atoms with Gasteiger partial charge in [0.1, 0.15) is 5.84 Å². The van der Waals surface area contributed by atoms with Gasteiger partial charge < -0.3 is 10.1 Å². The van der Waals surface area contributed by atoms with Crippen molar-refractivity contribution in [1.82, 2.24) is 4.72 Å². The minimum absolute atomic E-state index is 0.0119. The maximum absolute atomic E-state index is 12.5. The Morgan fingerprint density at radius 3 is 2.52 bits per heavy atom. The number of anilines is 1. The van der Waals surface area contributed by atoms with Crippen molar-refractivity contribution < 1.29 is 22.7 Å². The van der Waals surface area contributed by atoms with Crippen LogP contribution in [-0.2, 0) is 29.8 Å². The average Bonchev–Trinajstić information content (AvgIpc) is 3.43. The third kappa shape index (κ3) is 4.77. The molecular formula is C22H23N3O5S. The van der Waals surface area contributed by atoms with Crippen molar-refractivity contribution in [2.75, 3.05) is 18.5 Å². The lowest BCUT2D eigenvalue weighted by molar-refractivity contribution is -0.150. The molecule has 1 aliphatic heterocycles. The molecule has 1 fully saturated rings. The number of hydrogen-bond donors (Lipinski definition) is 2. The lowest BCUT2D eigenvalue weighted by Crippen LogP contribution is -2.29. The lowest BCUT2D eigenvalue weighted by Gasteiger charge is -2.15. The summed E-state index contributed by atoms with van der Waals surface area (Å²) in [6.07, 6.45) is 2.79. The molecule has 31 heavy (non-hydrogen) atoms. The van der Waals surface area contributed by atoms with Gasteiger partial charge in [0.2, 0.25) is 0 Å². The van der Waals surface area contributed by atoms with Crippen molar-refractivity contribution in [1.29, 1.82) is 0 Å². The molecule has 0 bridgehead atoms. The van der Waals surface area contributed by atoms with Gasteiger partial charge in [-0.25, -0.2) is 8.42 Å². The zero-order chi connectivity index (χ0) is 21.9. The summed E-state index contributed by atoms with van der Waals surface area (Å²) < 4.78 is 32.8. The van der Waals surface area contributed by atoms with Gasteiger partial charge in [0.05, 0.1) is 10.3 Å². The van der Waals surface area contributed by atoms with E-state index in [4.69, 9.17) is 4.74 Å². The third-order valence-electron chi connectivity index (χ3n) is 5.36. The first-order valence-electron chi connectivity index (χ1n) is 10.1. The van der Waals surface area contributed by atoms with Crippen molar-refractivity contribution in [3.8, 4) is 0 Å². The Morgan fingerprint density at radius 2 is 1.84 bits per heavy atom. The van der Waals surface area contributed by atoms with Crippen LogP contribution in [0.5, 0.6) is 0 Å². The van der Waals surface area contributed by atoms with Crippen LogP contribution in [0, 0.1) is 0 Å². The standard InChI is InChI=1S/C22H23N3O5S/c26-20(15-30-21(27)22(11-12-22)16-6-2-1-3-7-16)24-17-8-4-9-18(14-17)31(28,29)25-19-10-5-13-23-19/h1-4,6-9,14H,5,10-13,15H2,(H,23,25)(H,24,26). The van der Waals surface area contributed by atoms with E-state index in [0.29, 0.717) is 37.3 Å². The molecule has 0 spiro atoms. The first-order valence-corrected chi connectivity index (χ1v) is 11.6. The van der Waals surface area contributed by atoms with E-state index in [1.807, 2.05) is 30.3 Å². The van der Waals surface area contributed by atoms with Crippen molar-refractivity contribution in [2.24, 2.45) is 4.99 Å². The van der Waals surface area contributed by atoms with E-state index < -0.39 is 33.9 Å². The summed E-state index contributed by atoms with van der Waals surface area (Å²) in [5.41, 5.74) is 0.517. The number of amidine groups is 1. The molecule has 0 radical (unpaired) electrons. The number of carbonyl (C=O) groups excluding carboxylic acids is 2. The number of nitrogens with one attached hydrogen (secondary N) is 2. The quantitative estimate of drug-likeness (QED) is 0.641. The molecule has 2 aromatic carbocycles. The topological polar surface area (TPSA) is 114 Å². The Morgan fingerprint density at radius 1 is 1.06 bits per heavy atom. The van der Waals surface area contributed by atoms with E-state index >= 15 is 0 Å². The fourth-order valence-electron chi connectivity index (χ4n) is 3.54. The summed E-state index contributed by atoms with van der Waals surface area (Å²) in [5.74, 6) is -0.527. The van der Waals surface area contributed by atoms with E-state index in [-0.39, 0.29) is 4.90 Å². The van der Waals surface area contributed by atoms with Gasteiger partial charge in [0.15, 0.2) is 6.61 Å². The SMILES string of the molecule is O=C(COC(=O)C1(c2ccccc2)CC1)Nc1cccc(S(=O)(=O)NC2=NCCC2)c1. The molecule has 1 aliphatic carbocycles. The van der Waals surface area contributed by atoms with Crippen molar-refractivity contribution in [3.63, 3.8) is 0 Å². The van der Waals surface area contributed by atoms with Gasteiger partial charge in [0.25, 0.3) is 15.9 Å². The normalized spacial score (nSPS) is 16.8. The van der Waals surface area contributed by atoms with E-state index in [2.05, 4.69) is 15.0 Å². The van der Waals surface area contributed by atoms with Crippen LogP contribution in [0.1, 0.15) is 31.2 Å². The molecule has 1 amide bonds. The third-order valence-corrected chi connectivity index (χ3v) is 6.73. The van der Waals surface area contributed by atoms with Crippen LogP contribution in [0.25, 0.3) is 0 Å². The number of rotatable bonds is 7. The average molecular weight is 442 g/mol. The first kappa shape index (κ1) is 21.0. The fraction of sp³-hybridized carbons (Fsp3) is 0.318. The highest BCUT2D eigenvalue weighted by molar-refractivity contribution is 7.90. The van der Waals surface area contributed by atoms with Crippen LogP contribution in [-0.4, -0.2) is 39.3 Å². The van der Waals surface area contributed by atoms with E-state index in [9.17, 15) is 18.0 Å². The summed E-state index contributed by atoms with van der Waals surface area (Å²) in [6, 6.07) is 15.3. The number of benzene rings is 2. The maximum Gasteiger partial charge on any atom is 0.317 e. The van der Waals surface area contributed by atoms with Crippen LogP contribution in [0.15, 0.2) is 64.5 Å². The minimum Gasteiger partial charge on any atom is -0.455 e. The van der Waals surface area contributed by atoms with Crippen molar-refractivity contribution in [3.05, 3.63) is 60.2 Å². The van der Waals surface area contributed by atoms with Crippen LogP contribution >= 0.6 is 0 Å². The Bertz CT molecular complexity index is 1120. The second-order valence-electron chi connectivity index (χ2n) is 7.64. The number of carbonyl (C=O) groups is 2. The predicted molar refractivity (Wildman–Crippen MR) is 115 cm³/mol. The van der Waals surface area contributed by atoms with Gasteiger partial charge in [-0.05, 0) is 43.0 Å². The monoisotopic (exact) mass is 441 g/mol. The van der Waals surface area contributed by atoms with Gasteiger partial charge >= 0.3 is 5.97 Å². The van der Waals surface area contributed by atoms with Gasteiger partial charge in [0, 0.05) is 18.7 Å². The van der Waals surface area contributed by atoms with Gasteiger partial charge in [-0.3, -0.25) is 19.3 Å². The number of esters is 1. The summed E-state index contributed by atoms with van der Waals surface area (Å²) in [6.45, 7) is 0.164. The largest absolute Gasteiger partial charge is 0.455 e. The Labute approximate surface area is 180 Å². The zero-order valence-corrected chi connectivity index (χ0v) is 17.7. The summed E-state index contributed by atoms with van der Waals surface area (Å²) in [5, 5.41) is 2.58. The van der Waals surface area contributed by atoms with E-state index in [1.54, 1.807) is 6.07 Å². The van der Waals surface area contributed by atoms with Crippen LogP contribution in [0.3, 0.4) is 0 Å². The number of aliphatic imine (C=N–C) groups is 1. The molecule has 0 aromatic heterocycles. The lowest BCUT2D eigenvalue weighted by atomic mass is 9.96. The molecule has 9 heteroatoms.